The second kappa shape index (κ2) is 9.17. The van der Waals surface area contributed by atoms with E-state index in [4.69, 9.17) is 4.74 Å². The third-order valence-electron chi connectivity index (χ3n) is 4.28. The molecule has 1 fully saturated rings. The third-order valence-corrected chi connectivity index (χ3v) is 4.28. The van der Waals surface area contributed by atoms with Crippen molar-refractivity contribution in [3.8, 4) is 0 Å². The summed E-state index contributed by atoms with van der Waals surface area (Å²) in [6.45, 7) is 3.95. The lowest BCUT2D eigenvalue weighted by molar-refractivity contribution is -0.899. The van der Waals surface area contributed by atoms with Gasteiger partial charge in [0.2, 0.25) is 0 Å². The lowest BCUT2D eigenvalue weighted by Gasteiger charge is -2.28. The Kier molecular flexibility index (Phi) is 6.94. The molecule has 2 amide bonds. The zero-order valence-corrected chi connectivity index (χ0v) is 14.8. The Bertz CT molecular complexity index is 633. The van der Waals surface area contributed by atoms with E-state index in [0.717, 1.165) is 24.3 Å². The van der Waals surface area contributed by atoms with Gasteiger partial charge >= 0.3 is 5.97 Å². The number of amides is 2. The van der Waals surface area contributed by atoms with E-state index in [9.17, 15) is 14.4 Å². The number of likely N-dealkylation sites (tertiary alicyclic amines) is 1. The molecule has 0 radical (unpaired) electrons. The van der Waals surface area contributed by atoms with Gasteiger partial charge < -0.3 is 20.3 Å². The highest BCUT2D eigenvalue weighted by atomic mass is 16.5. The van der Waals surface area contributed by atoms with Crippen LogP contribution in [0.1, 0.15) is 30.1 Å². The van der Waals surface area contributed by atoms with Gasteiger partial charge in [-0.25, -0.2) is 0 Å². The topological polar surface area (TPSA) is 88.9 Å². The zero-order chi connectivity index (χ0) is 18.2. The Morgan fingerprint density at radius 3 is 2.84 bits per heavy atom. The maximum atomic E-state index is 12.3. The van der Waals surface area contributed by atoms with Gasteiger partial charge in [-0.1, -0.05) is 6.07 Å². The summed E-state index contributed by atoms with van der Waals surface area (Å²) in [7, 11) is 1.56. The quantitative estimate of drug-likeness (QED) is 0.624. The monoisotopic (exact) mass is 348 g/mol. The Labute approximate surface area is 147 Å². The smallest absolute Gasteiger partial charge is 0.314 e. The Balaban J connectivity index is 1.89. The van der Waals surface area contributed by atoms with Gasteiger partial charge in [-0.05, 0) is 38.0 Å². The highest BCUT2D eigenvalue weighted by Crippen LogP contribution is 2.11. The molecule has 136 valence electrons. The van der Waals surface area contributed by atoms with Crippen molar-refractivity contribution in [2.75, 3.05) is 38.6 Å². The molecule has 1 aromatic rings. The van der Waals surface area contributed by atoms with E-state index in [-0.39, 0.29) is 23.7 Å². The van der Waals surface area contributed by atoms with Crippen LogP contribution < -0.4 is 15.5 Å². The van der Waals surface area contributed by atoms with Crippen molar-refractivity contribution >= 4 is 23.5 Å². The maximum Gasteiger partial charge on any atom is 0.314 e. The van der Waals surface area contributed by atoms with Gasteiger partial charge in [0.25, 0.3) is 11.8 Å². The van der Waals surface area contributed by atoms with Crippen molar-refractivity contribution in [3.63, 3.8) is 0 Å². The maximum absolute atomic E-state index is 12.3. The van der Waals surface area contributed by atoms with Crippen LogP contribution >= 0.6 is 0 Å². The number of anilines is 1. The lowest BCUT2D eigenvalue weighted by atomic mass is 9.98. The molecule has 7 heteroatoms. The summed E-state index contributed by atoms with van der Waals surface area (Å²) < 4.78 is 5.09. The highest BCUT2D eigenvalue weighted by molar-refractivity contribution is 5.97. The summed E-state index contributed by atoms with van der Waals surface area (Å²) >= 11 is 0. The van der Waals surface area contributed by atoms with E-state index in [1.54, 1.807) is 38.2 Å². The molecule has 1 heterocycles. The average Bonchev–Trinajstić information content (AvgIpc) is 2.61. The highest BCUT2D eigenvalue weighted by Gasteiger charge is 2.30. The molecule has 25 heavy (non-hydrogen) atoms. The van der Waals surface area contributed by atoms with Gasteiger partial charge in [-0.15, -0.1) is 0 Å². The Morgan fingerprint density at radius 2 is 2.12 bits per heavy atom. The first-order chi connectivity index (χ1) is 12.0. The van der Waals surface area contributed by atoms with Gasteiger partial charge in [0.1, 0.15) is 5.92 Å². The van der Waals surface area contributed by atoms with Crippen LogP contribution in [-0.2, 0) is 14.3 Å². The first-order valence-electron chi connectivity index (χ1n) is 8.65. The number of ether oxygens (including phenoxy) is 1. The van der Waals surface area contributed by atoms with Crippen molar-refractivity contribution in [2.24, 2.45) is 5.92 Å². The number of hydrogen-bond donors (Lipinski definition) is 3. The molecule has 0 saturated carbocycles. The van der Waals surface area contributed by atoms with Gasteiger partial charge in [-0.2, -0.15) is 0 Å². The van der Waals surface area contributed by atoms with Gasteiger partial charge in [0.05, 0.1) is 19.7 Å². The van der Waals surface area contributed by atoms with E-state index in [2.05, 4.69) is 10.6 Å². The van der Waals surface area contributed by atoms with Crippen LogP contribution in [0.3, 0.4) is 0 Å². The second-order valence-corrected chi connectivity index (χ2v) is 6.18. The van der Waals surface area contributed by atoms with Crippen molar-refractivity contribution < 1.29 is 24.0 Å². The third kappa shape index (κ3) is 5.56. The fraction of sp³-hybridized carbons (Fsp3) is 0.500. The van der Waals surface area contributed by atoms with Gasteiger partial charge in [0.15, 0.2) is 6.54 Å². The van der Waals surface area contributed by atoms with E-state index in [1.165, 1.54) is 0 Å². The number of piperidine rings is 1. The Morgan fingerprint density at radius 1 is 1.32 bits per heavy atom. The molecule has 0 spiro atoms. The van der Waals surface area contributed by atoms with Crippen molar-refractivity contribution in [2.45, 2.75) is 19.8 Å². The minimum absolute atomic E-state index is 0.131. The molecule has 0 aromatic heterocycles. The van der Waals surface area contributed by atoms with Gasteiger partial charge in [-0.3, -0.25) is 14.4 Å². The summed E-state index contributed by atoms with van der Waals surface area (Å²) in [5, 5.41) is 5.38. The molecule has 3 N–H and O–H groups in total. The van der Waals surface area contributed by atoms with Crippen LogP contribution in [0.2, 0.25) is 0 Å². The number of carbonyl (C=O) groups excluding carboxylic acids is 3. The number of benzene rings is 1. The van der Waals surface area contributed by atoms with E-state index in [1.807, 2.05) is 0 Å². The van der Waals surface area contributed by atoms with Crippen molar-refractivity contribution in [3.05, 3.63) is 29.8 Å². The van der Waals surface area contributed by atoms with Crippen molar-refractivity contribution in [1.29, 1.82) is 0 Å². The minimum atomic E-state index is -0.199. The molecule has 0 aliphatic carbocycles. The summed E-state index contributed by atoms with van der Waals surface area (Å²) in [6, 6.07) is 6.81. The Hall–Kier alpha value is -2.41. The molecular weight excluding hydrogens is 322 g/mol. The summed E-state index contributed by atoms with van der Waals surface area (Å²) in [5.41, 5.74) is 1.08. The molecule has 0 bridgehead atoms. The SMILES string of the molecule is CCOC(=O)[C@@H]1CCC[NH+](CC(=O)Nc2cccc(C(=O)NC)c2)C1. The standard InChI is InChI=1S/C18H25N3O4/c1-3-25-18(24)14-7-5-9-21(11-14)12-16(22)20-15-8-4-6-13(10-15)17(23)19-2/h4,6,8,10,14H,3,5,7,9,11-12H2,1-2H3,(H,19,23)(H,20,22)/p+1/t14-/m1/s1. The van der Waals surface area contributed by atoms with Crippen LogP contribution in [0.15, 0.2) is 24.3 Å². The number of rotatable bonds is 6. The summed E-state index contributed by atoms with van der Waals surface area (Å²) in [6.07, 6.45) is 1.72. The van der Waals surface area contributed by atoms with Crippen LogP contribution in [0.25, 0.3) is 0 Å². The lowest BCUT2D eigenvalue weighted by Crippen LogP contribution is -3.14. The molecule has 1 saturated heterocycles. The largest absolute Gasteiger partial charge is 0.466 e. The van der Waals surface area contributed by atoms with Crippen LogP contribution in [0, 0.1) is 5.92 Å². The first kappa shape index (κ1) is 18.9. The normalized spacial score (nSPS) is 19.8. The molecule has 2 rings (SSSR count). The summed E-state index contributed by atoms with van der Waals surface area (Å²) in [5.74, 6) is -0.630. The minimum Gasteiger partial charge on any atom is -0.466 e. The van der Waals surface area contributed by atoms with E-state index >= 15 is 0 Å². The van der Waals surface area contributed by atoms with Crippen LogP contribution in [0.4, 0.5) is 5.69 Å². The number of carbonyl (C=O) groups is 3. The predicted octanol–water partition coefficient (Wildman–Crippen LogP) is -0.157. The molecule has 1 unspecified atom stereocenters. The molecule has 2 atom stereocenters. The molecule has 1 aliphatic heterocycles. The number of nitrogens with one attached hydrogen (secondary N) is 3. The van der Waals surface area contributed by atoms with Crippen LogP contribution in [-0.4, -0.2) is 51.1 Å². The van der Waals surface area contributed by atoms with Crippen molar-refractivity contribution in [1.82, 2.24) is 5.32 Å². The molecular formula is C18H26N3O4+. The van der Waals surface area contributed by atoms with E-state index < -0.39 is 0 Å². The molecule has 7 nitrogen and oxygen atoms in total. The molecule has 1 aliphatic rings. The second-order valence-electron chi connectivity index (χ2n) is 6.18. The number of hydrogen-bond acceptors (Lipinski definition) is 4. The number of esters is 1. The number of quaternary nitrogens is 1. The predicted molar refractivity (Wildman–Crippen MR) is 93.4 cm³/mol. The fourth-order valence-corrected chi connectivity index (χ4v) is 3.09. The van der Waals surface area contributed by atoms with E-state index in [0.29, 0.717) is 30.9 Å². The molecule has 1 aromatic carbocycles. The van der Waals surface area contributed by atoms with Gasteiger partial charge in [0, 0.05) is 18.3 Å². The first-order valence-corrected chi connectivity index (χ1v) is 8.65. The van der Waals surface area contributed by atoms with Crippen LogP contribution in [0.5, 0.6) is 0 Å². The zero-order valence-electron chi connectivity index (χ0n) is 14.8. The average molecular weight is 348 g/mol. The fourth-order valence-electron chi connectivity index (χ4n) is 3.09. The summed E-state index contributed by atoms with van der Waals surface area (Å²) in [4.78, 5) is 36.9.